The van der Waals surface area contributed by atoms with E-state index in [0.717, 1.165) is 18.7 Å². The summed E-state index contributed by atoms with van der Waals surface area (Å²) in [5.74, 6) is -0.359. The van der Waals surface area contributed by atoms with Gasteiger partial charge in [-0.1, -0.05) is 12.2 Å². The molecule has 0 saturated carbocycles. The SMILES string of the molecule is NC(=O)C1CCN(c2cccnc2C(N)=S)C1. The Morgan fingerprint density at radius 2 is 2.29 bits per heavy atom. The van der Waals surface area contributed by atoms with Crippen molar-refractivity contribution in [3.05, 3.63) is 24.0 Å². The Morgan fingerprint density at radius 3 is 2.88 bits per heavy atom. The predicted molar refractivity (Wildman–Crippen MR) is 69.6 cm³/mol. The number of amides is 1. The molecule has 6 heteroatoms. The summed E-state index contributed by atoms with van der Waals surface area (Å²) in [5.41, 5.74) is 12.4. The molecule has 5 nitrogen and oxygen atoms in total. The number of pyridine rings is 1. The van der Waals surface area contributed by atoms with Crippen molar-refractivity contribution in [3.8, 4) is 0 Å². The normalized spacial score (nSPS) is 19.3. The van der Waals surface area contributed by atoms with Crippen molar-refractivity contribution in [2.75, 3.05) is 18.0 Å². The van der Waals surface area contributed by atoms with Crippen LogP contribution >= 0.6 is 12.2 Å². The largest absolute Gasteiger partial charge is 0.388 e. The molecular weight excluding hydrogens is 236 g/mol. The van der Waals surface area contributed by atoms with Crippen LogP contribution in [0.15, 0.2) is 18.3 Å². The number of hydrogen-bond acceptors (Lipinski definition) is 4. The third-order valence-corrected chi connectivity index (χ3v) is 3.14. The van der Waals surface area contributed by atoms with Crippen LogP contribution in [-0.2, 0) is 4.79 Å². The average Bonchev–Trinajstić information content (AvgIpc) is 2.78. The minimum Gasteiger partial charge on any atom is -0.388 e. The Balaban J connectivity index is 2.24. The van der Waals surface area contributed by atoms with Crippen molar-refractivity contribution >= 4 is 28.8 Å². The highest BCUT2D eigenvalue weighted by molar-refractivity contribution is 7.80. The number of anilines is 1. The molecule has 4 N–H and O–H groups in total. The molecule has 1 aromatic rings. The van der Waals surface area contributed by atoms with Gasteiger partial charge in [0, 0.05) is 19.3 Å². The zero-order valence-corrected chi connectivity index (χ0v) is 10.1. The summed E-state index contributed by atoms with van der Waals surface area (Å²) >= 11 is 4.96. The maximum Gasteiger partial charge on any atom is 0.222 e. The molecule has 0 aromatic carbocycles. The standard InChI is InChI=1S/C11H14N4OS/c12-10(16)7-3-5-15(6-7)8-2-1-4-14-9(8)11(13)17/h1-2,4,7H,3,5-6H2,(H2,12,16)(H2,13,17). The van der Waals surface area contributed by atoms with E-state index in [1.54, 1.807) is 6.20 Å². The van der Waals surface area contributed by atoms with Crippen LogP contribution in [0.2, 0.25) is 0 Å². The summed E-state index contributed by atoms with van der Waals surface area (Å²) in [6.07, 6.45) is 2.42. The minimum atomic E-state index is -0.256. The first-order valence-electron chi connectivity index (χ1n) is 5.38. The highest BCUT2D eigenvalue weighted by Gasteiger charge is 2.28. The van der Waals surface area contributed by atoms with Gasteiger partial charge in [-0.05, 0) is 18.6 Å². The van der Waals surface area contributed by atoms with Gasteiger partial charge >= 0.3 is 0 Å². The van der Waals surface area contributed by atoms with Gasteiger partial charge < -0.3 is 16.4 Å². The number of aromatic nitrogens is 1. The van der Waals surface area contributed by atoms with Crippen LogP contribution in [0.4, 0.5) is 5.69 Å². The number of nitrogens with two attached hydrogens (primary N) is 2. The van der Waals surface area contributed by atoms with Crippen molar-refractivity contribution in [2.45, 2.75) is 6.42 Å². The van der Waals surface area contributed by atoms with Gasteiger partial charge in [0.2, 0.25) is 5.91 Å². The molecule has 2 heterocycles. The van der Waals surface area contributed by atoms with E-state index >= 15 is 0 Å². The highest BCUT2D eigenvalue weighted by Crippen LogP contribution is 2.25. The third kappa shape index (κ3) is 2.36. The average molecular weight is 250 g/mol. The molecule has 1 unspecified atom stereocenters. The summed E-state index contributed by atoms with van der Waals surface area (Å²) in [6, 6.07) is 3.74. The second-order valence-corrected chi connectivity index (χ2v) is 4.51. The van der Waals surface area contributed by atoms with Gasteiger partial charge in [-0.25, -0.2) is 0 Å². The van der Waals surface area contributed by atoms with Gasteiger partial charge in [0.15, 0.2) is 0 Å². The number of primary amides is 1. The van der Waals surface area contributed by atoms with E-state index < -0.39 is 0 Å². The molecule has 1 aliphatic heterocycles. The van der Waals surface area contributed by atoms with E-state index in [0.29, 0.717) is 12.2 Å². The molecule has 1 fully saturated rings. The molecule has 2 rings (SSSR count). The summed E-state index contributed by atoms with van der Waals surface area (Å²) in [7, 11) is 0. The van der Waals surface area contributed by atoms with Crippen molar-refractivity contribution in [2.24, 2.45) is 17.4 Å². The Bertz CT molecular complexity index is 463. The Morgan fingerprint density at radius 1 is 1.53 bits per heavy atom. The van der Waals surface area contributed by atoms with Gasteiger partial charge in [0.1, 0.15) is 10.7 Å². The lowest BCUT2D eigenvalue weighted by Crippen LogP contribution is -2.28. The van der Waals surface area contributed by atoms with Gasteiger partial charge in [-0.3, -0.25) is 9.78 Å². The lowest BCUT2D eigenvalue weighted by molar-refractivity contribution is -0.121. The number of nitrogens with zero attached hydrogens (tertiary/aromatic N) is 2. The van der Waals surface area contributed by atoms with Crippen molar-refractivity contribution in [1.29, 1.82) is 0 Å². The fourth-order valence-corrected chi connectivity index (χ4v) is 2.21. The molecule has 1 atom stereocenters. The van der Waals surface area contributed by atoms with E-state index in [9.17, 15) is 4.79 Å². The molecule has 1 aromatic heterocycles. The maximum absolute atomic E-state index is 11.1. The van der Waals surface area contributed by atoms with Crippen LogP contribution in [0, 0.1) is 5.92 Å². The molecule has 1 aliphatic rings. The molecule has 1 saturated heterocycles. The van der Waals surface area contributed by atoms with Crippen LogP contribution < -0.4 is 16.4 Å². The van der Waals surface area contributed by atoms with E-state index in [-0.39, 0.29) is 16.8 Å². The minimum absolute atomic E-state index is 0.102. The van der Waals surface area contributed by atoms with Gasteiger partial charge in [-0.15, -0.1) is 0 Å². The van der Waals surface area contributed by atoms with Crippen molar-refractivity contribution < 1.29 is 4.79 Å². The molecule has 90 valence electrons. The number of carbonyl (C=O) groups is 1. The molecule has 0 spiro atoms. The third-order valence-electron chi connectivity index (χ3n) is 2.95. The number of hydrogen-bond donors (Lipinski definition) is 2. The van der Waals surface area contributed by atoms with Crippen molar-refractivity contribution in [3.63, 3.8) is 0 Å². The van der Waals surface area contributed by atoms with E-state index in [1.165, 1.54) is 0 Å². The smallest absolute Gasteiger partial charge is 0.222 e. The van der Waals surface area contributed by atoms with Crippen LogP contribution in [0.3, 0.4) is 0 Å². The highest BCUT2D eigenvalue weighted by atomic mass is 32.1. The molecule has 1 amide bonds. The summed E-state index contributed by atoms with van der Waals surface area (Å²) < 4.78 is 0. The molecule has 0 bridgehead atoms. The summed E-state index contributed by atoms with van der Waals surface area (Å²) in [4.78, 5) is 17.6. The number of rotatable bonds is 3. The summed E-state index contributed by atoms with van der Waals surface area (Å²) in [6.45, 7) is 1.38. The fourth-order valence-electron chi connectivity index (χ4n) is 2.05. The van der Waals surface area contributed by atoms with Crippen LogP contribution in [0.25, 0.3) is 0 Å². The fraction of sp³-hybridized carbons (Fsp3) is 0.364. The maximum atomic E-state index is 11.1. The summed E-state index contributed by atoms with van der Waals surface area (Å²) in [5, 5.41) is 0. The lowest BCUT2D eigenvalue weighted by Gasteiger charge is -2.20. The zero-order chi connectivity index (χ0) is 12.4. The van der Waals surface area contributed by atoms with E-state index in [4.69, 9.17) is 23.7 Å². The first-order chi connectivity index (χ1) is 8.09. The van der Waals surface area contributed by atoms with Crippen LogP contribution in [0.1, 0.15) is 12.1 Å². The van der Waals surface area contributed by atoms with E-state index in [2.05, 4.69) is 9.88 Å². The molecule has 0 aliphatic carbocycles. The van der Waals surface area contributed by atoms with Gasteiger partial charge in [0.05, 0.1) is 11.6 Å². The Hall–Kier alpha value is -1.69. The quantitative estimate of drug-likeness (QED) is 0.739. The zero-order valence-electron chi connectivity index (χ0n) is 9.30. The van der Waals surface area contributed by atoms with E-state index in [1.807, 2.05) is 12.1 Å². The van der Waals surface area contributed by atoms with Crippen LogP contribution in [0.5, 0.6) is 0 Å². The second-order valence-electron chi connectivity index (χ2n) is 4.07. The molecular formula is C11H14N4OS. The number of thiocarbonyl (C=S) groups is 1. The Labute approximate surface area is 105 Å². The molecule has 17 heavy (non-hydrogen) atoms. The van der Waals surface area contributed by atoms with Crippen molar-refractivity contribution in [1.82, 2.24) is 4.98 Å². The molecule has 0 radical (unpaired) electrons. The first kappa shape index (κ1) is 11.8. The lowest BCUT2D eigenvalue weighted by atomic mass is 10.1. The number of carbonyl (C=O) groups excluding carboxylic acids is 1. The Kier molecular flexibility index (Phi) is 3.23. The monoisotopic (exact) mass is 250 g/mol. The predicted octanol–water partition coefficient (Wildman–Crippen LogP) is 0.0274. The van der Waals surface area contributed by atoms with Crippen LogP contribution in [-0.4, -0.2) is 29.0 Å². The first-order valence-corrected chi connectivity index (χ1v) is 5.79. The topological polar surface area (TPSA) is 85.2 Å². The van der Waals surface area contributed by atoms with Gasteiger partial charge in [0.25, 0.3) is 0 Å². The van der Waals surface area contributed by atoms with Gasteiger partial charge in [-0.2, -0.15) is 0 Å². The second kappa shape index (κ2) is 4.67.